The summed E-state index contributed by atoms with van der Waals surface area (Å²) in [4.78, 5) is 19.3. The number of anilines is 1. The number of imidazole rings is 2. The smallest absolute Gasteiger partial charge is 0.123 e. The molecule has 4 N–H and O–H groups in total. The van der Waals surface area contributed by atoms with E-state index in [1.165, 1.54) is 46.3 Å². The van der Waals surface area contributed by atoms with Crippen LogP contribution in [0.15, 0.2) is 85.2 Å². The highest BCUT2D eigenvalue weighted by atomic mass is 32.2. The number of hydrogen-bond acceptors (Lipinski definition) is 6. The van der Waals surface area contributed by atoms with E-state index >= 15 is 0 Å². The molecular weight excluding hydrogens is 611 g/mol. The third-order valence-electron chi connectivity index (χ3n) is 10.4. The molecule has 0 saturated carbocycles. The molecule has 48 heavy (non-hydrogen) atoms. The lowest BCUT2D eigenvalue weighted by Gasteiger charge is -2.44. The van der Waals surface area contributed by atoms with Crippen molar-refractivity contribution in [3.63, 3.8) is 0 Å². The van der Waals surface area contributed by atoms with Gasteiger partial charge in [-0.15, -0.1) is 0 Å². The van der Waals surface area contributed by atoms with E-state index in [1.54, 1.807) is 0 Å². The molecule has 248 valence electrons. The SMILES string of the molecule is CC(C)(C)c1ccc(N2C(c3ccc(-c4cnc(C5CCCN5)[nH]4)cc3)CSCC2c2ccc(-c3cnc(C4CCCN4)[nH]3)cc2)cc1. The Hall–Kier alpha value is -3.85. The first-order chi connectivity index (χ1) is 23.4. The van der Waals surface area contributed by atoms with Gasteiger partial charge in [-0.2, -0.15) is 11.8 Å². The molecule has 0 radical (unpaired) electrons. The minimum Gasteiger partial charge on any atom is -0.356 e. The molecule has 8 heteroatoms. The van der Waals surface area contributed by atoms with Gasteiger partial charge in [0.15, 0.2) is 0 Å². The first kappa shape index (κ1) is 31.4. The van der Waals surface area contributed by atoms with Gasteiger partial charge in [0.1, 0.15) is 11.6 Å². The largest absolute Gasteiger partial charge is 0.356 e. The third kappa shape index (κ3) is 6.33. The molecule has 4 atom stereocenters. The average Bonchev–Trinajstić information content (AvgIpc) is 3.95. The van der Waals surface area contributed by atoms with Gasteiger partial charge in [0.05, 0.1) is 47.9 Å². The second-order valence-electron chi connectivity index (χ2n) is 14.7. The lowest BCUT2D eigenvalue weighted by molar-refractivity contribution is 0.577. The molecule has 0 amide bonds. The fraction of sp³-hybridized carbons (Fsp3) is 0.400. The van der Waals surface area contributed by atoms with Crippen molar-refractivity contribution < 1.29 is 0 Å². The van der Waals surface area contributed by atoms with Crippen LogP contribution >= 0.6 is 11.8 Å². The Labute approximate surface area is 288 Å². The Morgan fingerprint density at radius 2 is 1.12 bits per heavy atom. The average molecular weight is 658 g/mol. The van der Waals surface area contributed by atoms with E-state index in [1.807, 2.05) is 12.4 Å². The molecule has 5 heterocycles. The lowest BCUT2D eigenvalue weighted by atomic mass is 9.87. The van der Waals surface area contributed by atoms with Crippen molar-refractivity contribution >= 4 is 17.4 Å². The molecule has 4 unspecified atom stereocenters. The Morgan fingerprint density at radius 1 is 0.646 bits per heavy atom. The zero-order valence-corrected chi connectivity index (χ0v) is 29.1. The Balaban J connectivity index is 1.08. The van der Waals surface area contributed by atoms with Gasteiger partial charge in [0.25, 0.3) is 0 Å². The molecule has 5 aromatic rings. The van der Waals surface area contributed by atoms with Crippen molar-refractivity contribution in [2.75, 3.05) is 29.5 Å². The van der Waals surface area contributed by atoms with Crippen LogP contribution in [0.3, 0.4) is 0 Å². The van der Waals surface area contributed by atoms with Gasteiger partial charge in [0.2, 0.25) is 0 Å². The lowest BCUT2D eigenvalue weighted by Crippen LogP contribution is -2.39. The molecule has 8 rings (SSSR count). The molecule has 3 aliphatic rings. The maximum absolute atomic E-state index is 4.71. The normalized spacial score (nSPS) is 23.2. The molecule has 0 aliphatic carbocycles. The number of aromatic amines is 2. The van der Waals surface area contributed by atoms with Crippen molar-refractivity contribution in [2.45, 2.75) is 76.0 Å². The van der Waals surface area contributed by atoms with E-state index in [9.17, 15) is 0 Å². The van der Waals surface area contributed by atoms with E-state index in [2.05, 4.69) is 131 Å². The summed E-state index contributed by atoms with van der Waals surface area (Å²) in [6, 6.07) is 28.8. The Morgan fingerprint density at radius 3 is 1.54 bits per heavy atom. The van der Waals surface area contributed by atoms with Crippen LogP contribution in [0.4, 0.5) is 5.69 Å². The second-order valence-corrected chi connectivity index (χ2v) is 15.8. The van der Waals surface area contributed by atoms with Gasteiger partial charge in [0, 0.05) is 17.2 Å². The number of benzene rings is 3. The summed E-state index contributed by atoms with van der Waals surface area (Å²) < 4.78 is 0. The minimum atomic E-state index is 0.113. The summed E-state index contributed by atoms with van der Waals surface area (Å²) in [6.07, 6.45) is 8.67. The zero-order chi connectivity index (χ0) is 32.7. The fourth-order valence-electron chi connectivity index (χ4n) is 7.60. The number of hydrogen-bond donors (Lipinski definition) is 4. The summed E-state index contributed by atoms with van der Waals surface area (Å²) in [7, 11) is 0. The van der Waals surface area contributed by atoms with Crippen LogP contribution < -0.4 is 15.5 Å². The summed E-state index contributed by atoms with van der Waals surface area (Å²) >= 11 is 2.05. The van der Waals surface area contributed by atoms with Crippen molar-refractivity contribution in [3.8, 4) is 22.5 Å². The molecule has 3 aliphatic heterocycles. The molecule has 0 spiro atoms. The number of thioether (sulfide) groups is 1. The summed E-state index contributed by atoms with van der Waals surface area (Å²) in [5, 5.41) is 7.11. The predicted octanol–water partition coefficient (Wildman–Crippen LogP) is 8.65. The summed E-state index contributed by atoms with van der Waals surface area (Å²) in [5.74, 6) is 4.19. The standard InChI is InChI=1S/C40H47N7S/c1-40(2,3)30-16-18-31(19-17-30)47-36(28-12-8-26(9-13-28)34-22-43-38(45-34)32-6-4-20-41-32)24-48-25-37(47)29-14-10-27(11-15-29)35-23-44-39(46-35)33-7-5-21-42-33/h8-19,22-23,32-33,36-37,41-42H,4-7,20-21,24-25H2,1-3H3,(H,43,45)(H,44,46). The number of nitrogens with zero attached hydrogens (tertiary/aromatic N) is 3. The van der Waals surface area contributed by atoms with Crippen molar-refractivity contribution in [1.29, 1.82) is 0 Å². The Bertz CT molecular complexity index is 1700. The maximum Gasteiger partial charge on any atom is 0.123 e. The van der Waals surface area contributed by atoms with E-state index < -0.39 is 0 Å². The maximum atomic E-state index is 4.71. The van der Waals surface area contributed by atoms with Gasteiger partial charge in [-0.3, -0.25) is 0 Å². The number of aromatic nitrogens is 4. The van der Waals surface area contributed by atoms with Crippen LogP contribution in [0.5, 0.6) is 0 Å². The van der Waals surface area contributed by atoms with Crippen molar-refractivity contribution in [3.05, 3.63) is 114 Å². The van der Waals surface area contributed by atoms with Gasteiger partial charge in [-0.25, -0.2) is 9.97 Å². The number of rotatable bonds is 7. The molecule has 7 nitrogen and oxygen atoms in total. The highest BCUT2D eigenvalue weighted by molar-refractivity contribution is 7.99. The predicted molar refractivity (Wildman–Crippen MR) is 198 cm³/mol. The Kier molecular flexibility index (Phi) is 8.65. The highest BCUT2D eigenvalue weighted by Gasteiger charge is 2.34. The second kappa shape index (κ2) is 13.2. The zero-order valence-electron chi connectivity index (χ0n) is 28.3. The van der Waals surface area contributed by atoms with Crippen LogP contribution in [-0.4, -0.2) is 44.5 Å². The van der Waals surface area contributed by atoms with E-state index in [0.717, 1.165) is 60.5 Å². The number of H-pyrrole nitrogens is 2. The van der Waals surface area contributed by atoms with E-state index in [-0.39, 0.29) is 17.5 Å². The summed E-state index contributed by atoms with van der Waals surface area (Å²) in [5.41, 5.74) is 9.95. The molecule has 3 aromatic carbocycles. The van der Waals surface area contributed by atoms with Gasteiger partial charge >= 0.3 is 0 Å². The quantitative estimate of drug-likeness (QED) is 0.140. The number of nitrogens with one attached hydrogen (secondary N) is 4. The molecular formula is C40H47N7S. The molecule has 2 aromatic heterocycles. The fourth-order valence-corrected chi connectivity index (χ4v) is 8.89. The van der Waals surface area contributed by atoms with Crippen LogP contribution in [0.2, 0.25) is 0 Å². The monoisotopic (exact) mass is 657 g/mol. The summed E-state index contributed by atoms with van der Waals surface area (Å²) in [6.45, 7) is 8.99. The first-order valence-electron chi connectivity index (χ1n) is 17.6. The first-order valence-corrected chi connectivity index (χ1v) is 18.8. The van der Waals surface area contributed by atoms with Gasteiger partial charge < -0.3 is 25.5 Å². The van der Waals surface area contributed by atoms with E-state index in [0.29, 0.717) is 12.1 Å². The van der Waals surface area contributed by atoms with Crippen LogP contribution in [-0.2, 0) is 5.41 Å². The van der Waals surface area contributed by atoms with Crippen LogP contribution in [0.25, 0.3) is 22.5 Å². The van der Waals surface area contributed by atoms with Crippen LogP contribution in [0.1, 0.15) is 99.0 Å². The van der Waals surface area contributed by atoms with Gasteiger partial charge in [-0.1, -0.05) is 81.4 Å². The topological polar surface area (TPSA) is 84.7 Å². The third-order valence-corrected chi connectivity index (χ3v) is 11.5. The van der Waals surface area contributed by atoms with Crippen molar-refractivity contribution in [1.82, 2.24) is 30.6 Å². The molecule has 3 saturated heterocycles. The highest BCUT2D eigenvalue weighted by Crippen LogP contribution is 2.44. The van der Waals surface area contributed by atoms with Crippen molar-refractivity contribution in [2.24, 2.45) is 0 Å². The molecule has 3 fully saturated rings. The molecule has 0 bridgehead atoms. The van der Waals surface area contributed by atoms with Gasteiger partial charge in [-0.05, 0) is 84.1 Å². The van der Waals surface area contributed by atoms with E-state index in [4.69, 9.17) is 9.97 Å². The minimum absolute atomic E-state index is 0.113. The van der Waals surface area contributed by atoms with Crippen LogP contribution in [0, 0.1) is 0 Å².